The third-order valence-electron chi connectivity index (χ3n) is 3.97. The van der Waals surface area contributed by atoms with Crippen LogP contribution in [0.25, 0.3) is 10.6 Å². The van der Waals surface area contributed by atoms with Gasteiger partial charge in [0.2, 0.25) is 0 Å². The molecule has 29 heavy (non-hydrogen) atoms. The fourth-order valence-corrected chi connectivity index (χ4v) is 3.67. The lowest BCUT2D eigenvalue weighted by molar-refractivity contribution is -0.123. The van der Waals surface area contributed by atoms with E-state index in [0.29, 0.717) is 26.9 Å². The first kappa shape index (κ1) is 20.5. The summed E-state index contributed by atoms with van der Waals surface area (Å²) in [6.07, 6.45) is 0. The van der Waals surface area contributed by atoms with Crippen LogP contribution in [-0.2, 0) is 4.79 Å². The number of aryl methyl sites for hydroxylation is 3. The van der Waals surface area contributed by atoms with Gasteiger partial charge in [-0.15, -0.1) is 11.3 Å². The molecule has 0 unspecified atom stereocenters. The molecule has 0 radical (unpaired) electrons. The van der Waals surface area contributed by atoms with Crippen LogP contribution in [0.1, 0.15) is 26.5 Å². The summed E-state index contributed by atoms with van der Waals surface area (Å²) in [6, 6.07) is 11.5. The fraction of sp³-hybridized carbons (Fsp3) is 0.190. The van der Waals surface area contributed by atoms with E-state index in [9.17, 15) is 14.0 Å². The van der Waals surface area contributed by atoms with E-state index in [1.165, 1.54) is 12.1 Å². The Morgan fingerprint density at radius 3 is 2.34 bits per heavy atom. The lowest BCUT2D eigenvalue weighted by atomic mass is 10.1. The molecule has 0 aliphatic heterocycles. The van der Waals surface area contributed by atoms with Gasteiger partial charge in [0.1, 0.15) is 21.5 Å². The Balaban J connectivity index is 1.56. The molecule has 0 saturated heterocycles. The Morgan fingerprint density at radius 2 is 1.69 bits per heavy atom. The maximum atomic E-state index is 13.1. The first-order valence-corrected chi connectivity index (χ1v) is 9.67. The number of hydrazine groups is 1. The smallest absolute Gasteiger partial charge is 0.281 e. The molecule has 1 heterocycles. The van der Waals surface area contributed by atoms with Gasteiger partial charge in [-0.1, -0.05) is 6.07 Å². The van der Waals surface area contributed by atoms with Crippen LogP contribution >= 0.6 is 11.3 Å². The Bertz CT molecular complexity index is 1030. The first-order valence-electron chi connectivity index (χ1n) is 8.85. The molecule has 0 aliphatic rings. The molecule has 2 aromatic carbocycles. The van der Waals surface area contributed by atoms with Crippen molar-refractivity contribution in [2.45, 2.75) is 20.8 Å². The zero-order valence-electron chi connectivity index (χ0n) is 16.2. The van der Waals surface area contributed by atoms with Gasteiger partial charge in [0.25, 0.3) is 11.8 Å². The van der Waals surface area contributed by atoms with Gasteiger partial charge in [-0.3, -0.25) is 20.4 Å². The maximum absolute atomic E-state index is 13.1. The third kappa shape index (κ3) is 5.39. The van der Waals surface area contributed by atoms with Crippen LogP contribution in [0.15, 0.2) is 42.5 Å². The van der Waals surface area contributed by atoms with Gasteiger partial charge in [-0.2, -0.15) is 0 Å². The van der Waals surface area contributed by atoms with Gasteiger partial charge < -0.3 is 4.74 Å². The van der Waals surface area contributed by atoms with Crippen molar-refractivity contribution in [2.24, 2.45) is 0 Å². The lowest BCUT2D eigenvalue weighted by Gasteiger charge is -2.09. The number of hydrogen-bond donors (Lipinski definition) is 2. The highest BCUT2D eigenvalue weighted by Gasteiger charge is 2.17. The molecule has 3 rings (SSSR count). The SMILES string of the molecule is Cc1cc(C)cc(OCC(=O)NNC(=O)c2sc(-c3ccc(F)cc3)nc2C)c1. The molecule has 0 fully saturated rings. The predicted octanol–water partition coefficient (Wildman–Crippen LogP) is 3.71. The van der Waals surface area contributed by atoms with Crippen LogP contribution in [-0.4, -0.2) is 23.4 Å². The van der Waals surface area contributed by atoms with Crippen molar-refractivity contribution >= 4 is 23.2 Å². The third-order valence-corrected chi connectivity index (χ3v) is 5.18. The highest BCUT2D eigenvalue weighted by atomic mass is 32.1. The van der Waals surface area contributed by atoms with Crippen molar-refractivity contribution in [2.75, 3.05) is 6.61 Å². The van der Waals surface area contributed by atoms with Crippen LogP contribution in [0.3, 0.4) is 0 Å². The second-order valence-corrected chi connectivity index (χ2v) is 7.55. The van der Waals surface area contributed by atoms with Gasteiger partial charge in [0.05, 0.1) is 5.69 Å². The number of aromatic nitrogens is 1. The molecule has 8 heteroatoms. The molecule has 0 saturated carbocycles. The molecule has 150 valence electrons. The van der Waals surface area contributed by atoms with E-state index in [1.54, 1.807) is 19.1 Å². The second-order valence-electron chi connectivity index (χ2n) is 6.55. The normalized spacial score (nSPS) is 10.5. The van der Waals surface area contributed by atoms with Crippen molar-refractivity contribution in [3.63, 3.8) is 0 Å². The zero-order valence-corrected chi connectivity index (χ0v) is 17.0. The van der Waals surface area contributed by atoms with E-state index in [1.807, 2.05) is 32.0 Å². The van der Waals surface area contributed by atoms with Gasteiger partial charge in [0.15, 0.2) is 6.61 Å². The molecule has 3 aromatic rings. The van der Waals surface area contributed by atoms with Gasteiger partial charge in [-0.25, -0.2) is 9.37 Å². The minimum absolute atomic E-state index is 0.230. The van der Waals surface area contributed by atoms with E-state index in [-0.39, 0.29) is 12.4 Å². The Labute approximate surface area is 171 Å². The molecule has 2 amide bonds. The van der Waals surface area contributed by atoms with Crippen molar-refractivity contribution < 1.29 is 18.7 Å². The monoisotopic (exact) mass is 413 g/mol. The summed E-state index contributed by atoms with van der Waals surface area (Å²) in [5, 5.41) is 0.595. The predicted molar refractivity (Wildman–Crippen MR) is 109 cm³/mol. The van der Waals surface area contributed by atoms with Crippen molar-refractivity contribution in [1.29, 1.82) is 0 Å². The molecule has 6 nitrogen and oxygen atoms in total. The second kappa shape index (κ2) is 8.83. The van der Waals surface area contributed by atoms with Crippen molar-refractivity contribution in [3.8, 4) is 16.3 Å². The molecule has 2 N–H and O–H groups in total. The number of halogens is 1. The highest BCUT2D eigenvalue weighted by molar-refractivity contribution is 7.17. The maximum Gasteiger partial charge on any atom is 0.281 e. The number of rotatable bonds is 5. The van der Waals surface area contributed by atoms with Gasteiger partial charge in [-0.05, 0) is 68.3 Å². The summed E-state index contributed by atoms with van der Waals surface area (Å²) in [4.78, 5) is 29.1. The summed E-state index contributed by atoms with van der Waals surface area (Å²) < 4.78 is 18.5. The number of hydrogen-bond acceptors (Lipinski definition) is 5. The topological polar surface area (TPSA) is 80.3 Å². The summed E-state index contributed by atoms with van der Waals surface area (Å²) >= 11 is 1.16. The van der Waals surface area contributed by atoms with E-state index in [4.69, 9.17) is 4.74 Å². The Kier molecular flexibility index (Phi) is 6.23. The fourth-order valence-electron chi connectivity index (χ4n) is 2.71. The van der Waals surface area contributed by atoms with Crippen LogP contribution in [0.5, 0.6) is 5.75 Å². The molecule has 0 atom stereocenters. The summed E-state index contributed by atoms with van der Waals surface area (Å²) in [5.74, 6) is -0.719. The number of ether oxygens (including phenoxy) is 1. The Hall–Kier alpha value is -3.26. The quantitative estimate of drug-likeness (QED) is 0.625. The van der Waals surface area contributed by atoms with E-state index in [0.717, 1.165) is 22.5 Å². The van der Waals surface area contributed by atoms with Crippen LogP contribution in [0, 0.1) is 26.6 Å². The van der Waals surface area contributed by atoms with E-state index < -0.39 is 11.8 Å². The van der Waals surface area contributed by atoms with Crippen LogP contribution in [0.2, 0.25) is 0 Å². The zero-order chi connectivity index (χ0) is 21.0. The molecule has 0 bridgehead atoms. The largest absolute Gasteiger partial charge is 0.484 e. The minimum atomic E-state index is -0.488. The number of thiazole rings is 1. The standard InChI is InChI=1S/C21H20FN3O3S/c1-12-8-13(2)10-17(9-12)28-11-18(26)24-25-20(27)19-14(3)23-21(29-19)15-4-6-16(22)7-5-15/h4-10H,11H2,1-3H3,(H,24,26)(H,25,27). The summed E-state index contributed by atoms with van der Waals surface area (Å²) in [7, 11) is 0. The number of benzene rings is 2. The molecule has 0 spiro atoms. The highest BCUT2D eigenvalue weighted by Crippen LogP contribution is 2.27. The minimum Gasteiger partial charge on any atom is -0.484 e. The van der Waals surface area contributed by atoms with Gasteiger partial charge >= 0.3 is 0 Å². The average molecular weight is 413 g/mol. The first-order chi connectivity index (χ1) is 13.8. The molecular formula is C21H20FN3O3S. The molecular weight excluding hydrogens is 393 g/mol. The average Bonchev–Trinajstić information content (AvgIpc) is 3.06. The summed E-state index contributed by atoms with van der Waals surface area (Å²) in [6.45, 7) is 5.35. The number of amides is 2. The number of carbonyl (C=O) groups excluding carboxylic acids is 2. The Morgan fingerprint density at radius 1 is 1.03 bits per heavy atom. The van der Waals surface area contributed by atoms with Crippen LogP contribution in [0.4, 0.5) is 4.39 Å². The van der Waals surface area contributed by atoms with E-state index >= 15 is 0 Å². The summed E-state index contributed by atoms with van der Waals surface area (Å²) in [5.41, 5.74) is 7.99. The van der Waals surface area contributed by atoms with Crippen LogP contribution < -0.4 is 15.6 Å². The molecule has 0 aliphatic carbocycles. The van der Waals surface area contributed by atoms with Crippen molar-refractivity contribution in [3.05, 3.63) is 70.0 Å². The number of nitrogens with one attached hydrogen (secondary N) is 2. The molecule has 1 aromatic heterocycles. The van der Waals surface area contributed by atoms with Gasteiger partial charge in [0, 0.05) is 5.56 Å². The number of carbonyl (C=O) groups is 2. The van der Waals surface area contributed by atoms with Crippen molar-refractivity contribution in [1.82, 2.24) is 15.8 Å². The number of nitrogens with zero attached hydrogens (tertiary/aromatic N) is 1. The van der Waals surface area contributed by atoms with E-state index in [2.05, 4.69) is 15.8 Å². The lowest BCUT2D eigenvalue weighted by Crippen LogP contribution is -2.43.